The van der Waals surface area contributed by atoms with Gasteiger partial charge in [0.15, 0.2) is 11.2 Å². The van der Waals surface area contributed by atoms with Gasteiger partial charge in [0.05, 0.1) is 18.7 Å². The van der Waals surface area contributed by atoms with Crippen molar-refractivity contribution in [2.45, 2.75) is 39.0 Å². The van der Waals surface area contributed by atoms with Crippen molar-refractivity contribution in [3.05, 3.63) is 52.6 Å². The number of Topliss-reactive ketones (excluding diaryl/α,β-unsaturated/α-hetero) is 1. The Balaban J connectivity index is 2.10. The minimum atomic E-state index is -1.78. The molecule has 2 heterocycles. The number of para-hydroxylation sites is 1. The van der Waals surface area contributed by atoms with E-state index in [9.17, 15) is 14.4 Å². The Bertz CT molecular complexity index is 1120. The molecule has 1 aromatic carbocycles. The molecule has 1 aliphatic carbocycles. The zero-order valence-electron chi connectivity index (χ0n) is 17.8. The van der Waals surface area contributed by atoms with Crippen LogP contribution in [0.4, 0.5) is 5.69 Å². The minimum absolute atomic E-state index is 0.0153. The Kier molecular flexibility index (Phi) is 4.69. The van der Waals surface area contributed by atoms with Gasteiger partial charge in [0, 0.05) is 24.1 Å². The second-order valence-corrected chi connectivity index (χ2v) is 8.67. The molecular formula is C24H24N2O5. The number of hydrogen-bond acceptors (Lipinski definition) is 7. The van der Waals surface area contributed by atoms with Crippen molar-refractivity contribution < 1.29 is 23.9 Å². The van der Waals surface area contributed by atoms with Gasteiger partial charge in [0.1, 0.15) is 17.2 Å². The first-order valence-corrected chi connectivity index (χ1v) is 10.2. The fraction of sp³-hybridized carbons (Fsp3) is 0.375. The van der Waals surface area contributed by atoms with Gasteiger partial charge in [-0.2, -0.15) is 0 Å². The Morgan fingerprint density at radius 3 is 2.68 bits per heavy atom. The molecule has 2 N–H and O–H groups in total. The van der Waals surface area contributed by atoms with E-state index in [1.54, 1.807) is 36.1 Å². The maximum absolute atomic E-state index is 13.6. The highest BCUT2D eigenvalue weighted by Gasteiger charge is 2.64. The number of ketones is 1. The second-order valence-electron chi connectivity index (χ2n) is 8.67. The van der Waals surface area contributed by atoms with Crippen LogP contribution in [0.25, 0.3) is 0 Å². The number of benzene rings is 1. The van der Waals surface area contributed by atoms with Gasteiger partial charge in [-0.05, 0) is 18.4 Å². The number of nitrogens with two attached hydrogens (primary N) is 1. The molecule has 0 fully saturated rings. The highest BCUT2D eigenvalue weighted by atomic mass is 16.5. The lowest BCUT2D eigenvalue weighted by atomic mass is 9.62. The zero-order chi connectivity index (χ0) is 22.6. The highest BCUT2D eigenvalue weighted by molar-refractivity contribution is 6.18. The lowest BCUT2D eigenvalue weighted by Gasteiger charge is -2.41. The summed E-state index contributed by atoms with van der Waals surface area (Å²) in [6, 6.07) is 6.98. The number of anilines is 1. The smallest absolute Gasteiger partial charge is 0.339 e. The van der Waals surface area contributed by atoms with Gasteiger partial charge in [0.25, 0.3) is 0 Å². The largest absolute Gasteiger partial charge is 0.462 e. The summed E-state index contributed by atoms with van der Waals surface area (Å²) in [5.41, 5.74) is 5.36. The Labute approximate surface area is 180 Å². The molecule has 1 aromatic rings. The standard InChI is InChI=1S/C24H24N2O5/c1-5-11-26-15-10-8-7-9-14(15)24(19(20(26)25)21(28)30-6-2)18-16(27)12-23(3,4)13-17(18)31-22(24)29/h1,7-10H,6,11-13,25H2,2-4H3/t24-/m1/s1. The van der Waals surface area contributed by atoms with Gasteiger partial charge >= 0.3 is 11.9 Å². The number of carbonyl (C=O) groups excluding carboxylic acids is 3. The molecule has 2 aliphatic heterocycles. The van der Waals surface area contributed by atoms with Crippen LogP contribution >= 0.6 is 0 Å². The van der Waals surface area contributed by atoms with Gasteiger partial charge in [-0.3, -0.25) is 4.79 Å². The number of allylic oxidation sites excluding steroid dienone is 1. The normalized spacial score (nSPS) is 24.0. The van der Waals surface area contributed by atoms with E-state index in [0.717, 1.165) is 0 Å². The van der Waals surface area contributed by atoms with Gasteiger partial charge in [-0.15, -0.1) is 6.42 Å². The van der Waals surface area contributed by atoms with E-state index in [1.807, 2.05) is 13.8 Å². The third-order valence-corrected chi connectivity index (χ3v) is 5.98. The summed E-state index contributed by atoms with van der Waals surface area (Å²) < 4.78 is 11.0. The summed E-state index contributed by atoms with van der Waals surface area (Å²) in [6.45, 7) is 5.68. The SMILES string of the molecule is C#CCN1C(N)=C(C(=O)OCC)[C@@]2(C(=O)OC3=C2C(=O)CC(C)(C)C3)c2ccccc21. The Morgan fingerprint density at radius 1 is 1.29 bits per heavy atom. The van der Waals surface area contributed by atoms with Crippen LogP contribution in [-0.2, 0) is 29.3 Å². The first-order valence-electron chi connectivity index (χ1n) is 10.2. The molecule has 160 valence electrons. The van der Waals surface area contributed by atoms with Gasteiger partial charge in [0.2, 0.25) is 0 Å². The lowest BCUT2D eigenvalue weighted by Crippen LogP contribution is -2.51. The quantitative estimate of drug-likeness (QED) is 0.592. The van der Waals surface area contributed by atoms with Crippen molar-refractivity contribution in [3.63, 3.8) is 0 Å². The van der Waals surface area contributed by atoms with Crippen LogP contribution in [0.5, 0.6) is 0 Å². The lowest BCUT2D eigenvalue weighted by molar-refractivity contribution is -0.146. The third-order valence-electron chi connectivity index (χ3n) is 5.98. The molecule has 0 saturated carbocycles. The van der Waals surface area contributed by atoms with Crippen molar-refractivity contribution in [3.8, 4) is 12.3 Å². The predicted molar refractivity (Wildman–Crippen MR) is 113 cm³/mol. The molecule has 7 heteroatoms. The van der Waals surface area contributed by atoms with Crippen LogP contribution < -0.4 is 10.6 Å². The summed E-state index contributed by atoms with van der Waals surface area (Å²) >= 11 is 0. The highest BCUT2D eigenvalue weighted by Crippen LogP contribution is 2.57. The molecule has 4 rings (SSSR count). The molecule has 31 heavy (non-hydrogen) atoms. The molecule has 0 saturated heterocycles. The maximum atomic E-state index is 13.6. The van der Waals surface area contributed by atoms with Crippen molar-refractivity contribution >= 4 is 23.4 Å². The summed E-state index contributed by atoms with van der Waals surface area (Å²) in [5, 5.41) is 0. The summed E-state index contributed by atoms with van der Waals surface area (Å²) in [5.74, 6) is 1.07. The molecular weight excluding hydrogens is 396 g/mol. The first kappa shape index (κ1) is 20.7. The van der Waals surface area contributed by atoms with Crippen LogP contribution in [-0.4, -0.2) is 30.9 Å². The Hall–Kier alpha value is -3.53. The van der Waals surface area contributed by atoms with E-state index in [1.165, 1.54) is 0 Å². The zero-order valence-corrected chi connectivity index (χ0v) is 17.8. The molecule has 1 atom stereocenters. The van der Waals surface area contributed by atoms with E-state index < -0.39 is 17.4 Å². The van der Waals surface area contributed by atoms with Crippen LogP contribution in [0.1, 0.15) is 39.2 Å². The summed E-state index contributed by atoms with van der Waals surface area (Å²) in [6.07, 6.45) is 6.16. The molecule has 0 aromatic heterocycles. The van der Waals surface area contributed by atoms with Gasteiger partial charge < -0.3 is 20.1 Å². The van der Waals surface area contributed by atoms with Crippen molar-refractivity contribution in [1.29, 1.82) is 0 Å². The van der Waals surface area contributed by atoms with E-state index in [4.69, 9.17) is 21.6 Å². The van der Waals surface area contributed by atoms with E-state index in [2.05, 4.69) is 5.92 Å². The number of carbonyl (C=O) groups is 3. The molecule has 0 amide bonds. The number of hydrogen-bond donors (Lipinski definition) is 1. The van der Waals surface area contributed by atoms with Crippen LogP contribution in [0.3, 0.4) is 0 Å². The summed E-state index contributed by atoms with van der Waals surface area (Å²) in [4.78, 5) is 41.8. The first-order chi connectivity index (χ1) is 14.7. The average molecular weight is 420 g/mol. The fourth-order valence-corrected chi connectivity index (χ4v) is 4.87. The topological polar surface area (TPSA) is 98.9 Å². The van der Waals surface area contributed by atoms with E-state index in [0.29, 0.717) is 23.4 Å². The maximum Gasteiger partial charge on any atom is 0.339 e. The molecule has 0 unspecified atom stereocenters. The van der Waals surface area contributed by atoms with E-state index >= 15 is 0 Å². The number of nitrogens with zero attached hydrogens (tertiary/aromatic N) is 1. The van der Waals surface area contributed by atoms with Crippen LogP contribution in [0.2, 0.25) is 0 Å². The monoisotopic (exact) mass is 420 g/mol. The van der Waals surface area contributed by atoms with E-state index in [-0.39, 0.29) is 47.7 Å². The van der Waals surface area contributed by atoms with Gasteiger partial charge in [-0.1, -0.05) is 38.0 Å². The molecule has 1 spiro atoms. The van der Waals surface area contributed by atoms with Crippen molar-refractivity contribution in [1.82, 2.24) is 0 Å². The number of rotatable bonds is 3. The summed E-state index contributed by atoms with van der Waals surface area (Å²) in [7, 11) is 0. The molecule has 3 aliphatic rings. The predicted octanol–water partition coefficient (Wildman–Crippen LogP) is 2.31. The third kappa shape index (κ3) is 2.78. The van der Waals surface area contributed by atoms with Gasteiger partial charge in [-0.25, -0.2) is 9.59 Å². The number of ether oxygens (including phenoxy) is 2. The van der Waals surface area contributed by atoms with Crippen LogP contribution in [0, 0.1) is 17.8 Å². The van der Waals surface area contributed by atoms with Crippen molar-refractivity contribution in [2.24, 2.45) is 11.1 Å². The fourth-order valence-electron chi connectivity index (χ4n) is 4.87. The molecule has 0 radical (unpaired) electrons. The Morgan fingerprint density at radius 2 is 2.00 bits per heavy atom. The van der Waals surface area contributed by atoms with Crippen molar-refractivity contribution in [2.75, 3.05) is 18.1 Å². The number of fused-ring (bicyclic) bond motifs is 3. The molecule has 7 nitrogen and oxygen atoms in total. The minimum Gasteiger partial charge on any atom is -0.462 e. The molecule has 0 bridgehead atoms. The van der Waals surface area contributed by atoms with Crippen LogP contribution in [0.15, 0.2) is 47.0 Å². The number of esters is 2. The number of terminal acetylenes is 1. The second kappa shape index (κ2) is 7.02. The average Bonchev–Trinajstić information content (AvgIpc) is 2.96.